The van der Waals surface area contributed by atoms with Gasteiger partial charge in [-0.1, -0.05) is 52.0 Å². The lowest BCUT2D eigenvalue weighted by Gasteiger charge is -2.28. The summed E-state index contributed by atoms with van der Waals surface area (Å²) in [6.07, 6.45) is 3.24. The maximum absolute atomic E-state index is 10.7. The molecule has 1 aromatic carbocycles. The van der Waals surface area contributed by atoms with Crippen molar-refractivity contribution in [1.82, 2.24) is 5.32 Å². The summed E-state index contributed by atoms with van der Waals surface area (Å²) in [5.41, 5.74) is 2.39. The lowest BCUT2D eigenvalue weighted by Crippen LogP contribution is -2.40. The van der Waals surface area contributed by atoms with E-state index in [1.807, 2.05) is 0 Å². The predicted octanol–water partition coefficient (Wildman–Crippen LogP) is 4.01. The first-order valence-electron chi connectivity index (χ1n) is 8.06. The Balaban J connectivity index is 2.07. The second-order valence-electron chi connectivity index (χ2n) is 6.63. The van der Waals surface area contributed by atoms with Gasteiger partial charge < -0.3 is 10.4 Å². The fourth-order valence-corrected chi connectivity index (χ4v) is 2.64. The number of hydrogen-bond acceptors (Lipinski definition) is 2. The molecule has 0 aliphatic heterocycles. The third-order valence-electron chi connectivity index (χ3n) is 4.52. The van der Waals surface area contributed by atoms with E-state index >= 15 is 0 Å². The quantitative estimate of drug-likeness (QED) is 0.788. The highest BCUT2D eigenvalue weighted by molar-refractivity contribution is 5.27. The average molecular weight is 275 g/mol. The number of aliphatic hydroxyl groups excluding tert-OH is 1. The number of nitrogens with one attached hydrogen (secondary N) is 1. The van der Waals surface area contributed by atoms with Gasteiger partial charge >= 0.3 is 0 Å². The number of aliphatic hydroxyl groups is 1. The van der Waals surface area contributed by atoms with Gasteiger partial charge in [0.15, 0.2) is 0 Å². The molecule has 3 unspecified atom stereocenters. The van der Waals surface area contributed by atoms with E-state index in [1.165, 1.54) is 18.4 Å². The third-order valence-corrected chi connectivity index (χ3v) is 4.52. The molecule has 0 bridgehead atoms. The van der Waals surface area contributed by atoms with E-state index in [0.717, 1.165) is 12.0 Å². The molecule has 1 fully saturated rings. The molecule has 0 spiro atoms. The largest absolute Gasteiger partial charge is 0.387 e. The van der Waals surface area contributed by atoms with Crippen LogP contribution in [0.25, 0.3) is 0 Å². The van der Waals surface area contributed by atoms with Crippen molar-refractivity contribution in [2.45, 2.75) is 71.1 Å². The molecule has 3 atom stereocenters. The van der Waals surface area contributed by atoms with Crippen LogP contribution in [0.5, 0.6) is 0 Å². The van der Waals surface area contributed by atoms with E-state index in [0.29, 0.717) is 17.9 Å². The summed E-state index contributed by atoms with van der Waals surface area (Å²) in [6.45, 7) is 8.81. The van der Waals surface area contributed by atoms with Gasteiger partial charge in [0.25, 0.3) is 0 Å². The van der Waals surface area contributed by atoms with Crippen LogP contribution in [0.4, 0.5) is 0 Å². The van der Waals surface area contributed by atoms with Gasteiger partial charge in [0.2, 0.25) is 0 Å². The van der Waals surface area contributed by atoms with Gasteiger partial charge in [0.05, 0.1) is 6.10 Å². The molecule has 0 amide bonds. The van der Waals surface area contributed by atoms with Crippen molar-refractivity contribution < 1.29 is 5.11 Å². The number of benzene rings is 1. The Kier molecular flexibility index (Phi) is 5.22. The highest BCUT2D eigenvalue weighted by atomic mass is 16.3. The van der Waals surface area contributed by atoms with Crippen LogP contribution in [-0.4, -0.2) is 17.2 Å². The molecule has 0 aromatic heterocycles. The second kappa shape index (κ2) is 6.73. The predicted molar refractivity (Wildman–Crippen MR) is 84.9 cm³/mol. The Morgan fingerprint density at radius 3 is 2.10 bits per heavy atom. The van der Waals surface area contributed by atoms with Crippen molar-refractivity contribution in [3.8, 4) is 0 Å². The fraction of sp³-hybridized carbons (Fsp3) is 0.667. The standard InChI is InChI=1S/C18H29NO/c1-5-13(4)14-6-8-15(9-7-14)18(20)17(12(2)3)19-16-10-11-16/h6-9,12-13,16-20H,5,10-11H2,1-4H3. The van der Waals surface area contributed by atoms with Crippen LogP contribution in [0.2, 0.25) is 0 Å². The summed E-state index contributed by atoms with van der Waals surface area (Å²) in [5.74, 6) is 1.02. The highest BCUT2D eigenvalue weighted by Crippen LogP contribution is 2.28. The number of rotatable bonds is 7. The summed E-state index contributed by atoms with van der Waals surface area (Å²) in [6, 6.07) is 9.29. The molecule has 2 nitrogen and oxygen atoms in total. The summed E-state index contributed by atoms with van der Waals surface area (Å²) in [4.78, 5) is 0. The lowest BCUT2D eigenvalue weighted by atomic mass is 9.91. The fourth-order valence-electron chi connectivity index (χ4n) is 2.64. The zero-order valence-electron chi connectivity index (χ0n) is 13.3. The van der Waals surface area contributed by atoms with Gasteiger partial charge in [-0.05, 0) is 42.2 Å². The van der Waals surface area contributed by atoms with Gasteiger partial charge in [0.1, 0.15) is 0 Å². The van der Waals surface area contributed by atoms with E-state index in [4.69, 9.17) is 0 Å². The van der Waals surface area contributed by atoms with Gasteiger partial charge in [-0.25, -0.2) is 0 Å². The Morgan fingerprint density at radius 2 is 1.65 bits per heavy atom. The van der Waals surface area contributed by atoms with Crippen LogP contribution in [0.1, 0.15) is 70.1 Å². The van der Waals surface area contributed by atoms with E-state index in [1.54, 1.807) is 0 Å². The van der Waals surface area contributed by atoms with Crippen LogP contribution in [0, 0.1) is 5.92 Å². The van der Waals surface area contributed by atoms with Crippen molar-refractivity contribution in [3.63, 3.8) is 0 Å². The number of hydrogen-bond donors (Lipinski definition) is 2. The van der Waals surface area contributed by atoms with Crippen LogP contribution in [-0.2, 0) is 0 Å². The first-order chi connectivity index (χ1) is 9.52. The molecular formula is C18H29NO. The molecule has 1 aliphatic carbocycles. The second-order valence-corrected chi connectivity index (χ2v) is 6.63. The first kappa shape index (κ1) is 15.5. The maximum Gasteiger partial charge on any atom is 0.0945 e. The van der Waals surface area contributed by atoms with Gasteiger partial charge in [0, 0.05) is 12.1 Å². The van der Waals surface area contributed by atoms with E-state index < -0.39 is 6.10 Å². The summed E-state index contributed by atoms with van der Waals surface area (Å²) in [5, 5.41) is 14.2. The summed E-state index contributed by atoms with van der Waals surface area (Å²) in [7, 11) is 0. The van der Waals surface area contributed by atoms with Crippen molar-refractivity contribution in [1.29, 1.82) is 0 Å². The molecule has 2 rings (SSSR count). The molecule has 1 aromatic rings. The molecule has 2 heteroatoms. The van der Waals surface area contributed by atoms with Gasteiger partial charge in [-0.2, -0.15) is 0 Å². The molecule has 1 saturated carbocycles. The molecule has 20 heavy (non-hydrogen) atoms. The molecule has 2 N–H and O–H groups in total. The van der Waals surface area contributed by atoms with Gasteiger partial charge in [-0.15, -0.1) is 0 Å². The lowest BCUT2D eigenvalue weighted by molar-refractivity contribution is 0.104. The van der Waals surface area contributed by atoms with Crippen LogP contribution in [0.15, 0.2) is 24.3 Å². The minimum Gasteiger partial charge on any atom is -0.387 e. The average Bonchev–Trinajstić information content (AvgIpc) is 3.27. The zero-order chi connectivity index (χ0) is 14.7. The maximum atomic E-state index is 10.7. The minimum atomic E-state index is -0.415. The van der Waals surface area contributed by atoms with Crippen molar-refractivity contribution in [3.05, 3.63) is 35.4 Å². The topological polar surface area (TPSA) is 32.3 Å². The summed E-state index contributed by atoms with van der Waals surface area (Å²) < 4.78 is 0. The molecule has 0 heterocycles. The normalized spacial score (nSPS) is 19.9. The summed E-state index contributed by atoms with van der Waals surface area (Å²) >= 11 is 0. The van der Waals surface area contributed by atoms with E-state index in [2.05, 4.69) is 57.3 Å². The molecular weight excluding hydrogens is 246 g/mol. The monoisotopic (exact) mass is 275 g/mol. The van der Waals surface area contributed by atoms with Crippen molar-refractivity contribution in [2.24, 2.45) is 5.92 Å². The zero-order valence-corrected chi connectivity index (χ0v) is 13.3. The van der Waals surface area contributed by atoms with E-state index in [-0.39, 0.29) is 6.04 Å². The molecule has 0 saturated heterocycles. The van der Waals surface area contributed by atoms with Gasteiger partial charge in [-0.3, -0.25) is 0 Å². The van der Waals surface area contributed by atoms with Crippen LogP contribution < -0.4 is 5.32 Å². The minimum absolute atomic E-state index is 0.150. The third kappa shape index (κ3) is 3.83. The Hall–Kier alpha value is -0.860. The first-order valence-corrected chi connectivity index (χ1v) is 8.06. The molecule has 1 aliphatic rings. The Bertz CT molecular complexity index is 408. The van der Waals surface area contributed by atoms with E-state index in [9.17, 15) is 5.11 Å². The van der Waals surface area contributed by atoms with Crippen LogP contribution in [0.3, 0.4) is 0 Å². The smallest absolute Gasteiger partial charge is 0.0945 e. The highest BCUT2D eigenvalue weighted by Gasteiger charge is 2.30. The van der Waals surface area contributed by atoms with Crippen LogP contribution >= 0.6 is 0 Å². The Labute approximate surface area is 123 Å². The molecule has 112 valence electrons. The van der Waals surface area contributed by atoms with Crippen molar-refractivity contribution >= 4 is 0 Å². The Morgan fingerprint density at radius 1 is 1.10 bits per heavy atom. The SMILES string of the molecule is CCC(C)c1ccc(C(O)C(NC2CC2)C(C)C)cc1. The molecule has 0 radical (unpaired) electrons. The van der Waals surface area contributed by atoms with Crippen molar-refractivity contribution in [2.75, 3.05) is 0 Å².